The predicted molar refractivity (Wildman–Crippen MR) is 131 cm³/mol. The second-order valence-electron chi connectivity index (χ2n) is 8.27. The van der Waals surface area contributed by atoms with Crippen molar-refractivity contribution in [2.45, 2.75) is 58.3 Å². The topological polar surface area (TPSA) is 83.9 Å². The van der Waals surface area contributed by atoms with E-state index >= 15 is 0 Å². The molecule has 0 unspecified atom stereocenters. The number of aryl methyl sites for hydroxylation is 1. The first kappa shape index (κ1) is 26.9. The van der Waals surface area contributed by atoms with E-state index in [2.05, 4.69) is 41.4 Å². The summed E-state index contributed by atoms with van der Waals surface area (Å²) in [4.78, 5) is 0. The van der Waals surface area contributed by atoms with Crippen LogP contribution in [0.3, 0.4) is 0 Å². The van der Waals surface area contributed by atoms with Gasteiger partial charge < -0.3 is 9.84 Å². The molecule has 1 aromatic heterocycles. The summed E-state index contributed by atoms with van der Waals surface area (Å²) in [5.41, 5.74) is 2.40. The van der Waals surface area contributed by atoms with Crippen LogP contribution < -0.4 is 4.74 Å². The van der Waals surface area contributed by atoms with Gasteiger partial charge in [-0.05, 0) is 54.7 Å². The van der Waals surface area contributed by atoms with Crippen molar-refractivity contribution in [1.29, 1.82) is 0 Å². The Morgan fingerprint density at radius 3 is 2.38 bits per heavy atom. The number of H-pyrrole nitrogens is 1. The van der Waals surface area contributed by atoms with E-state index in [-0.39, 0.29) is 40.7 Å². The van der Waals surface area contributed by atoms with E-state index in [1.165, 1.54) is 0 Å². The number of aromatic nitrogens is 4. The van der Waals surface area contributed by atoms with Crippen LogP contribution in [0.2, 0.25) is 10.0 Å². The molecule has 0 amide bonds. The van der Waals surface area contributed by atoms with Crippen LogP contribution in [0.5, 0.6) is 11.5 Å². The standard InChI is InChI=1S/C23H28Cl2N4O2.Na.H/c1-4-15-12-19(16-10-17(24)13-18(25)11-16)20(30)14-21(15)31-9-7-5-6-8-23(2,3)22-26-28-29-27-22;;/h10-14,30H,4-9H2,1-3H3,(H,26,27,28,29);;. The van der Waals surface area contributed by atoms with Crippen LogP contribution in [0.1, 0.15) is 57.8 Å². The molecule has 6 nitrogen and oxygen atoms in total. The molecule has 3 rings (SSSR count). The summed E-state index contributed by atoms with van der Waals surface area (Å²) in [7, 11) is 0. The predicted octanol–water partition coefficient (Wildman–Crippen LogP) is 5.71. The second-order valence-corrected chi connectivity index (χ2v) is 9.14. The maximum atomic E-state index is 10.6. The zero-order chi connectivity index (χ0) is 22.4. The van der Waals surface area contributed by atoms with Gasteiger partial charge in [0.2, 0.25) is 0 Å². The summed E-state index contributed by atoms with van der Waals surface area (Å²) in [6, 6.07) is 8.88. The molecule has 1 heterocycles. The van der Waals surface area contributed by atoms with Crippen molar-refractivity contribution in [3.05, 3.63) is 51.8 Å². The molecular weight excluding hydrogens is 458 g/mol. The van der Waals surface area contributed by atoms with Gasteiger partial charge in [0, 0.05) is 27.1 Å². The minimum absolute atomic E-state index is 0. The Kier molecular flexibility index (Phi) is 10.3. The van der Waals surface area contributed by atoms with Gasteiger partial charge in [0.25, 0.3) is 0 Å². The van der Waals surface area contributed by atoms with Crippen LogP contribution >= 0.6 is 23.2 Å². The Labute approximate surface area is 221 Å². The monoisotopic (exact) mass is 486 g/mol. The number of aromatic amines is 1. The van der Waals surface area contributed by atoms with Crippen molar-refractivity contribution in [2.24, 2.45) is 0 Å². The number of ether oxygens (including phenoxy) is 1. The van der Waals surface area contributed by atoms with E-state index in [1.54, 1.807) is 24.3 Å². The molecule has 2 N–H and O–H groups in total. The van der Waals surface area contributed by atoms with Gasteiger partial charge in [-0.1, -0.05) is 62.0 Å². The Hall–Kier alpha value is -1.31. The van der Waals surface area contributed by atoms with E-state index in [0.29, 0.717) is 28.0 Å². The molecule has 9 heteroatoms. The van der Waals surface area contributed by atoms with Crippen molar-refractivity contribution in [1.82, 2.24) is 20.6 Å². The molecule has 32 heavy (non-hydrogen) atoms. The van der Waals surface area contributed by atoms with Gasteiger partial charge in [-0.15, -0.1) is 10.2 Å². The van der Waals surface area contributed by atoms with Crippen molar-refractivity contribution in [2.75, 3.05) is 6.61 Å². The number of phenolic OH excluding ortho intramolecular Hbond substituents is 1. The maximum absolute atomic E-state index is 10.6. The van der Waals surface area contributed by atoms with Gasteiger partial charge in [-0.25, -0.2) is 0 Å². The first-order valence-electron chi connectivity index (χ1n) is 10.5. The summed E-state index contributed by atoms with van der Waals surface area (Å²) in [6.07, 6.45) is 4.77. The van der Waals surface area contributed by atoms with Crippen LogP contribution in [0, 0.1) is 0 Å². The molecule has 168 valence electrons. The van der Waals surface area contributed by atoms with Crippen molar-refractivity contribution in [3.63, 3.8) is 0 Å². The van der Waals surface area contributed by atoms with E-state index in [9.17, 15) is 5.11 Å². The fraction of sp³-hybridized carbons (Fsp3) is 0.435. The third-order valence-electron chi connectivity index (χ3n) is 5.39. The minimum atomic E-state index is -0.103. The Balaban J connectivity index is 0.00000363. The summed E-state index contributed by atoms with van der Waals surface area (Å²) < 4.78 is 6.00. The molecule has 0 fully saturated rings. The first-order chi connectivity index (χ1) is 14.8. The van der Waals surface area contributed by atoms with E-state index in [4.69, 9.17) is 27.9 Å². The van der Waals surface area contributed by atoms with Crippen LogP contribution in [-0.4, -0.2) is 61.9 Å². The van der Waals surface area contributed by atoms with Gasteiger partial charge in [0.05, 0.1) is 6.61 Å². The number of unbranched alkanes of at least 4 members (excludes halogenated alkanes) is 2. The first-order valence-corrected chi connectivity index (χ1v) is 11.2. The molecule has 0 aliphatic carbocycles. The van der Waals surface area contributed by atoms with E-state index in [0.717, 1.165) is 49.1 Å². The zero-order valence-electron chi connectivity index (χ0n) is 18.1. The molecule has 0 aliphatic heterocycles. The van der Waals surface area contributed by atoms with Gasteiger partial charge >= 0.3 is 29.6 Å². The Morgan fingerprint density at radius 1 is 1.03 bits per heavy atom. The molecule has 2 aromatic carbocycles. The Bertz CT molecular complexity index is 993. The molecule has 0 atom stereocenters. The number of tetrazole rings is 1. The normalized spacial score (nSPS) is 11.3. The number of aromatic hydroxyl groups is 1. The van der Waals surface area contributed by atoms with Gasteiger partial charge in [0.15, 0.2) is 5.82 Å². The van der Waals surface area contributed by atoms with E-state index < -0.39 is 0 Å². The molecule has 0 spiro atoms. The number of nitrogens with one attached hydrogen (secondary N) is 1. The third kappa shape index (κ3) is 7.09. The molecule has 3 aromatic rings. The number of hydrogen-bond acceptors (Lipinski definition) is 5. The number of nitrogens with zero attached hydrogens (tertiary/aromatic N) is 3. The molecular formula is C23H29Cl2N4NaO2. The number of benzene rings is 2. The van der Waals surface area contributed by atoms with Gasteiger partial charge in [-0.2, -0.15) is 5.21 Å². The van der Waals surface area contributed by atoms with Crippen LogP contribution in [0.15, 0.2) is 30.3 Å². The molecule has 0 aliphatic rings. The molecule has 0 saturated carbocycles. The third-order valence-corrected chi connectivity index (χ3v) is 5.82. The van der Waals surface area contributed by atoms with Crippen LogP contribution in [0.4, 0.5) is 0 Å². The summed E-state index contributed by atoms with van der Waals surface area (Å²) in [5, 5.41) is 26.0. The fourth-order valence-corrected chi connectivity index (χ4v) is 4.08. The number of phenols is 1. The average molecular weight is 487 g/mol. The summed E-state index contributed by atoms with van der Waals surface area (Å²) >= 11 is 12.2. The fourth-order valence-electron chi connectivity index (χ4n) is 3.55. The average Bonchev–Trinajstić information content (AvgIpc) is 3.26. The SMILES string of the molecule is CCc1cc(-c2cc(Cl)cc(Cl)c2)c(O)cc1OCCCCCC(C)(C)c1nn[nH]n1.[NaH]. The zero-order valence-corrected chi connectivity index (χ0v) is 19.6. The van der Waals surface area contributed by atoms with E-state index in [1.807, 2.05) is 6.07 Å². The van der Waals surface area contributed by atoms with Crippen molar-refractivity contribution >= 4 is 52.8 Å². The van der Waals surface area contributed by atoms with Crippen molar-refractivity contribution in [3.8, 4) is 22.6 Å². The van der Waals surface area contributed by atoms with Gasteiger partial charge in [0.1, 0.15) is 11.5 Å². The van der Waals surface area contributed by atoms with Crippen LogP contribution in [0.25, 0.3) is 11.1 Å². The molecule has 0 radical (unpaired) electrons. The van der Waals surface area contributed by atoms with Gasteiger partial charge in [-0.3, -0.25) is 0 Å². The molecule has 0 bridgehead atoms. The molecule has 0 saturated heterocycles. The number of hydrogen-bond donors (Lipinski definition) is 2. The number of halogens is 2. The quantitative estimate of drug-likeness (QED) is 0.283. The summed E-state index contributed by atoms with van der Waals surface area (Å²) in [5.74, 6) is 1.60. The number of rotatable bonds is 10. The Morgan fingerprint density at radius 2 is 1.75 bits per heavy atom. The summed E-state index contributed by atoms with van der Waals surface area (Å²) in [6.45, 7) is 6.91. The van der Waals surface area contributed by atoms with Crippen LogP contribution in [-0.2, 0) is 11.8 Å². The second kappa shape index (κ2) is 12.2. The van der Waals surface area contributed by atoms with Crippen molar-refractivity contribution < 1.29 is 9.84 Å².